The summed E-state index contributed by atoms with van der Waals surface area (Å²) in [6, 6.07) is 7.58. The van der Waals surface area contributed by atoms with Crippen molar-refractivity contribution in [3.8, 4) is 0 Å². The number of ketones is 1. The van der Waals surface area contributed by atoms with E-state index in [0.29, 0.717) is 13.2 Å². The van der Waals surface area contributed by atoms with Gasteiger partial charge in [0.1, 0.15) is 0 Å². The van der Waals surface area contributed by atoms with E-state index in [2.05, 4.69) is 6.58 Å². The average molecular weight is 277 g/mol. The fraction of sp³-hybridized carbons (Fsp3) is 0.471. The smallest absolute Gasteiger partial charge is 0.167 e. The van der Waals surface area contributed by atoms with Crippen LogP contribution in [0.5, 0.6) is 0 Å². The van der Waals surface area contributed by atoms with Crippen LogP contribution in [0.1, 0.15) is 43.6 Å². The summed E-state index contributed by atoms with van der Waals surface area (Å²) in [5, 5.41) is 8.93. The number of benzene rings is 1. The highest BCUT2D eigenvalue weighted by molar-refractivity contribution is 5.97. The maximum Gasteiger partial charge on any atom is 0.167 e. The second-order valence-corrected chi connectivity index (χ2v) is 4.57. The number of Topliss-reactive ketones (excluding diaryl/α,β-unsaturated/α-hetero) is 1. The Morgan fingerprint density at radius 1 is 1.20 bits per heavy atom. The van der Waals surface area contributed by atoms with E-state index in [1.165, 1.54) is 0 Å². The summed E-state index contributed by atoms with van der Waals surface area (Å²) in [5.74, 6) is 0.0392. The van der Waals surface area contributed by atoms with Gasteiger partial charge in [0.15, 0.2) is 5.78 Å². The predicted molar refractivity (Wildman–Crippen MR) is 82.4 cm³/mol. The number of hydrogen-bond donors (Lipinski definition) is 0. The second kappa shape index (κ2) is 10.4. The lowest BCUT2D eigenvalue weighted by atomic mass is 9.98. The molecule has 0 N–H and O–H groups in total. The molecule has 0 spiro atoms. The fourth-order valence-electron chi connectivity index (χ4n) is 1.57. The lowest BCUT2D eigenvalue weighted by Gasteiger charge is -2.10. The van der Waals surface area contributed by atoms with Crippen molar-refractivity contribution in [2.45, 2.75) is 27.7 Å². The van der Waals surface area contributed by atoms with Crippen molar-refractivity contribution < 1.29 is 14.6 Å². The van der Waals surface area contributed by atoms with E-state index in [9.17, 15) is 4.79 Å². The molecule has 3 heteroatoms. The Kier molecular flexibility index (Phi) is 9.60. The Balaban J connectivity index is 0.00000110. The molecule has 0 aliphatic carbocycles. The van der Waals surface area contributed by atoms with Crippen molar-refractivity contribution in [1.82, 2.24) is 0 Å². The monoisotopic (exact) mass is 277 g/mol. The highest BCUT2D eigenvalue weighted by Crippen LogP contribution is 2.15. The SMILES string of the molecule is C=C(C)c1ccc(C(=O)C(C)COCC)cc1.CC[O]. The van der Waals surface area contributed by atoms with Crippen molar-refractivity contribution in [2.24, 2.45) is 5.92 Å². The summed E-state index contributed by atoms with van der Waals surface area (Å²) in [5.41, 5.74) is 2.81. The summed E-state index contributed by atoms with van der Waals surface area (Å²) in [6.07, 6.45) is 0. The maximum absolute atomic E-state index is 12.0. The zero-order chi connectivity index (χ0) is 15.5. The first-order chi connectivity index (χ1) is 9.47. The van der Waals surface area contributed by atoms with Gasteiger partial charge in [0.25, 0.3) is 0 Å². The van der Waals surface area contributed by atoms with Gasteiger partial charge in [-0.1, -0.05) is 43.3 Å². The number of hydrogen-bond acceptors (Lipinski definition) is 2. The first-order valence-corrected chi connectivity index (χ1v) is 6.93. The fourth-order valence-corrected chi connectivity index (χ4v) is 1.57. The molecule has 0 aliphatic heterocycles. The van der Waals surface area contributed by atoms with Crippen molar-refractivity contribution in [3.63, 3.8) is 0 Å². The van der Waals surface area contributed by atoms with E-state index in [4.69, 9.17) is 9.84 Å². The molecule has 1 aromatic carbocycles. The molecule has 3 nitrogen and oxygen atoms in total. The Hall–Kier alpha value is -1.45. The number of carbonyl (C=O) groups excluding carboxylic acids is 1. The van der Waals surface area contributed by atoms with Crippen LogP contribution in [-0.4, -0.2) is 25.6 Å². The molecule has 1 unspecified atom stereocenters. The summed E-state index contributed by atoms with van der Waals surface area (Å²) in [4.78, 5) is 12.0. The van der Waals surface area contributed by atoms with E-state index in [1.807, 2.05) is 45.0 Å². The average Bonchev–Trinajstić information content (AvgIpc) is 2.44. The lowest BCUT2D eigenvalue weighted by molar-refractivity contribution is 0.0762. The summed E-state index contributed by atoms with van der Waals surface area (Å²) in [7, 11) is 0. The van der Waals surface area contributed by atoms with Gasteiger partial charge in [-0.15, -0.1) is 0 Å². The Morgan fingerprint density at radius 3 is 2.05 bits per heavy atom. The van der Waals surface area contributed by atoms with E-state index < -0.39 is 0 Å². The second-order valence-electron chi connectivity index (χ2n) is 4.57. The van der Waals surface area contributed by atoms with Gasteiger partial charge in [-0.05, 0) is 26.3 Å². The molecule has 1 aromatic rings. The summed E-state index contributed by atoms with van der Waals surface area (Å²) in [6.45, 7) is 12.3. The molecule has 1 rings (SSSR count). The molecule has 0 aliphatic rings. The van der Waals surface area contributed by atoms with Crippen LogP contribution >= 0.6 is 0 Å². The van der Waals surface area contributed by atoms with Crippen molar-refractivity contribution in [2.75, 3.05) is 19.8 Å². The third kappa shape index (κ3) is 6.64. The first kappa shape index (κ1) is 18.6. The normalized spacial score (nSPS) is 11.2. The van der Waals surface area contributed by atoms with Gasteiger partial charge in [-0.3, -0.25) is 4.79 Å². The minimum Gasteiger partial charge on any atom is -0.381 e. The molecule has 0 saturated carbocycles. The maximum atomic E-state index is 12.0. The molecule has 0 heterocycles. The minimum atomic E-state index is -0.0920. The van der Waals surface area contributed by atoms with Gasteiger partial charge in [0.2, 0.25) is 0 Å². The van der Waals surface area contributed by atoms with Crippen LogP contribution in [0.25, 0.3) is 5.57 Å². The highest BCUT2D eigenvalue weighted by atomic mass is 16.5. The van der Waals surface area contributed by atoms with Gasteiger partial charge in [-0.2, -0.15) is 0 Å². The molecule has 0 aromatic heterocycles. The van der Waals surface area contributed by atoms with Crippen LogP contribution in [0.3, 0.4) is 0 Å². The van der Waals surface area contributed by atoms with Crippen LogP contribution < -0.4 is 0 Å². The molecular formula is C17H25O3. The number of ether oxygens (including phenoxy) is 1. The zero-order valence-corrected chi connectivity index (χ0v) is 12.9. The largest absolute Gasteiger partial charge is 0.381 e. The summed E-state index contributed by atoms with van der Waals surface area (Å²) < 4.78 is 5.26. The van der Waals surface area contributed by atoms with Crippen LogP contribution in [0.15, 0.2) is 30.8 Å². The van der Waals surface area contributed by atoms with Gasteiger partial charge >= 0.3 is 0 Å². The number of allylic oxidation sites excluding steroid dienone is 1. The van der Waals surface area contributed by atoms with Crippen LogP contribution in [0.2, 0.25) is 0 Å². The van der Waals surface area contributed by atoms with Gasteiger partial charge in [-0.25, -0.2) is 5.11 Å². The Bertz CT molecular complexity index is 407. The first-order valence-electron chi connectivity index (χ1n) is 6.93. The lowest BCUT2D eigenvalue weighted by Crippen LogP contribution is -2.17. The molecular weight excluding hydrogens is 252 g/mol. The Labute approximate surface area is 122 Å². The van der Waals surface area contributed by atoms with Crippen LogP contribution in [0, 0.1) is 5.92 Å². The number of carbonyl (C=O) groups is 1. The highest BCUT2D eigenvalue weighted by Gasteiger charge is 2.14. The third-order valence-corrected chi connectivity index (χ3v) is 2.68. The quantitative estimate of drug-likeness (QED) is 0.737. The molecule has 1 radical (unpaired) electrons. The van der Waals surface area contributed by atoms with E-state index in [1.54, 1.807) is 6.92 Å². The van der Waals surface area contributed by atoms with Gasteiger partial charge < -0.3 is 4.74 Å². The minimum absolute atomic E-state index is 0. The molecule has 20 heavy (non-hydrogen) atoms. The molecule has 1 atom stereocenters. The van der Waals surface area contributed by atoms with E-state index in [0.717, 1.165) is 16.7 Å². The van der Waals surface area contributed by atoms with Crippen molar-refractivity contribution in [1.29, 1.82) is 0 Å². The standard InChI is InChI=1S/C15H20O2.C2H5O/c1-5-17-10-12(4)15(16)14-8-6-13(7-9-14)11(2)3;1-2-3/h6-9,12H,2,5,10H2,1,3-4H3;2H2,1H3. The van der Waals surface area contributed by atoms with Crippen molar-refractivity contribution in [3.05, 3.63) is 42.0 Å². The number of rotatable bonds is 6. The molecule has 0 saturated heterocycles. The van der Waals surface area contributed by atoms with Crippen LogP contribution in [0.4, 0.5) is 0 Å². The third-order valence-electron chi connectivity index (χ3n) is 2.68. The van der Waals surface area contributed by atoms with E-state index in [-0.39, 0.29) is 18.3 Å². The Morgan fingerprint density at radius 2 is 1.65 bits per heavy atom. The predicted octanol–water partition coefficient (Wildman–Crippen LogP) is 4.01. The van der Waals surface area contributed by atoms with Gasteiger partial charge in [0.05, 0.1) is 13.2 Å². The van der Waals surface area contributed by atoms with E-state index >= 15 is 0 Å². The molecule has 0 amide bonds. The molecule has 0 bridgehead atoms. The molecule has 0 fully saturated rings. The summed E-state index contributed by atoms with van der Waals surface area (Å²) >= 11 is 0. The topological polar surface area (TPSA) is 46.2 Å². The zero-order valence-electron chi connectivity index (χ0n) is 12.9. The molecule has 111 valence electrons. The van der Waals surface area contributed by atoms with Crippen molar-refractivity contribution >= 4 is 11.4 Å². The van der Waals surface area contributed by atoms with Gasteiger partial charge in [0, 0.05) is 18.1 Å². The van der Waals surface area contributed by atoms with Crippen LogP contribution in [-0.2, 0) is 9.84 Å².